The molecule has 2 aliphatic rings. The van der Waals surface area contributed by atoms with Crippen molar-refractivity contribution in [1.82, 2.24) is 5.32 Å². The Bertz CT molecular complexity index is 241. The van der Waals surface area contributed by atoms with Gasteiger partial charge >= 0.3 is 0 Å². The Balaban J connectivity index is 2.19. The second kappa shape index (κ2) is 2.80. The fourth-order valence-corrected chi connectivity index (χ4v) is 2.49. The molecular weight excluding hydrogens is 166 g/mol. The smallest absolute Gasteiger partial charge is 0.102 e. The van der Waals surface area contributed by atoms with Gasteiger partial charge in [0.05, 0.1) is 11.7 Å². The summed E-state index contributed by atoms with van der Waals surface area (Å²) >= 11 is 0. The van der Waals surface area contributed by atoms with Crippen molar-refractivity contribution in [3.05, 3.63) is 12.2 Å². The summed E-state index contributed by atoms with van der Waals surface area (Å²) in [6.07, 6.45) is 5.37. The highest BCUT2D eigenvalue weighted by Crippen LogP contribution is 2.42. The molecule has 0 unspecified atom stereocenters. The molecule has 0 aromatic heterocycles. The summed E-state index contributed by atoms with van der Waals surface area (Å²) in [5.41, 5.74) is -0.504. The monoisotopic (exact) mass is 183 g/mol. The van der Waals surface area contributed by atoms with Crippen molar-refractivity contribution in [3.8, 4) is 0 Å². The second-order valence-electron chi connectivity index (χ2n) is 4.41. The molecule has 1 saturated heterocycles. The maximum absolute atomic E-state index is 9.70. The molecule has 0 saturated carbocycles. The van der Waals surface area contributed by atoms with Crippen molar-refractivity contribution in [3.63, 3.8) is 0 Å². The van der Waals surface area contributed by atoms with Crippen LogP contribution in [0, 0.1) is 0 Å². The minimum atomic E-state index is -0.263. The predicted molar refractivity (Wildman–Crippen MR) is 50.5 cm³/mol. The molecule has 74 valence electrons. The summed E-state index contributed by atoms with van der Waals surface area (Å²) in [7, 11) is 1.91. The van der Waals surface area contributed by atoms with Crippen molar-refractivity contribution in [1.29, 1.82) is 0 Å². The van der Waals surface area contributed by atoms with Crippen molar-refractivity contribution in [2.45, 2.75) is 37.1 Å². The topological polar surface area (TPSA) is 41.5 Å². The summed E-state index contributed by atoms with van der Waals surface area (Å²) < 4.78 is 5.95. The van der Waals surface area contributed by atoms with Crippen molar-refractivity contribution < 1.29 is 9.84 Å². The first-order valence-corrected chi connectivity index (χ1v) is 4.81. The van der Waals surface area contributed by atoms with E-state index in [0.717, 1.165) is 13.0 Å². The van der Waals surface area contributed by atoms with Crippen LogP contribution in [0.4, 0.5) is 0 Å². The molecule has 3 atom stereocenters. The molecule has 0 aromatic carbocycles. The first kappa shape index (κ1) is 9.19. The fourth-order valence-electron chi connectivity index (χ4n) is 2.49. The zero-order chi connectivity index (χ0) is 9.53. The highest BCUT2D eigenvalue weighted by Gasteiger charge is 2.48. The Hall–Kier alpha value is -0.380. The quantitative estimate of drug-likeness (QED) is 0.611. The van der Waals surface area contributed by atoms with Gasteiger partial charge in [0.15, 0.2) is 0 Å². The van der Waals surface area contributed by atoms with Gasteiger partial charge in [-0.05, 0) is 14.0 Å². The first-order chi connectivity index (χ1) is 6.08. The number of likely N-dealkylation sites (N-methyl/N-ethyl adjacent to an activating group) is 1. The third-order valence-electron chi connectivity index (χ3n) is 2.87. The van der Waals surface area contributed by atoms with Crippen molar-refractivity contribution >= 4 is 0 Å². The molecule has 1 fully saturated rings. The molecule has 2 aliphatic heterocycles. The number of aliphatic hydroxyl groups is 1. The van der Waals surface area contributed by atoms with Crippen LogP contribution in [0.5, 0.6) is 0 Å². The molecule has 13 heavy (non-hydrogen) atoms. The fraction of sp³-hybridized carbons (Fsp3) is 0.800. The van der Waals surface area contributed by atoms with Gasteiger partial charge in [-0.3, -0.25) is 0 Å². The van der Waals surface area contributed by atoms with Gasteiger partial charge in [0, 0.05) is 19.4 Å². The molecule has 0 aliphatic carbocycles. The van der Waals surface area contributed by atoms with E-state index >= 15 is 0 Å². The van der Waals surface area contributed by atoms with Gasteiger partial charge in [0.1, 0.15) is 5.60 Å². The van der Waals surface area contributed by atoms with Crippen LogP contribution in [0.1, 0.15) is 19.8 Å². The molecule has 0 spiro atoms. The summed E-state index contributed by atoms with van der Waals surface area (Å²) in [6, 6.07) is 0. The van der Waals surface area contributed by atoms with Gasteiger partial charge in [-0.15, -0.1) is 0 Å². The maximum atomic E-state index is 9.70. The van der Waals surface area contributed by atoms with Gasteiger partial charge in [0.25, 0.3) is 0 Å². The Morgan fingerprint density at radius 1 is 1.54 bits per heavy atom. The van der Waals surface area contributed by atoms with Crippen LogP contribution in [0.15, 0.2) is 12.2 Å². The lowest BCUT2D eigenvalue weighted by atomic mass is 9.90. The largest absolute Gasteiger partial charge is 0.393 e. The molecule has 0 amide bonds. The summed E-state index contributed by atoms with van der Waals surface area (Å²) in [6.45, 7) is 2.80. The molecule has 2 bridgehead atoms. The molecular formula is C10H17NO2. The Morgan fingerprint density at radius 2 is 2.31 bits per heavy atom. The van der Waals surface area contributed by atoms with Crippen LogP contribution in [-0.2, 0) is 4.74 Å². The van der Waals surface area contributed by atoms with E-state index in [4.69, 9.17) is 4.74 Å². The van der Waals surface area contributed by atoms with Crippen LogP contribution in [0.2, 0.25) is 0 Å². The van der Waals surface area contributed by atoms with E-state index in [0.29, 0.717) is 6.42 Å². The van der Waals surface area contributed by atoms with Crippen LogP contribution < -0.4 is 5.32 Å². The van der Waals surface area contributed by atoms with Crippen molar-refractivity contribution in [2.24, 2.45) is 0 Å². The zero-order valence-corrected chi connectivity index (χ0v) is 8.21. The number of nitrogens with one attached hydrogen (secondary N) is 1. The number of hydrogen-bond acceptors (Lipinski definition) is 3. The standard InChI is InChI=1S/C10H17NO2/c1-9-3-4-10(13-9,7-11-2)6-8(12)5-9/h3-4,8,11-12H,5-7H2,1-2H3/t8-,9-,10+/m0/s1. The summed E-state index contributed by atoms with van der Waals surface area (Å²) in [5, 5.41) is 12.8. The number of ether oxygens (including phenoxy) is 1. The maximum Gasteiger partial charge on any atom is 0.102 e. The van der Waals surface area contributed by atoms with E-state index in [2.05, 4.69) is 17.5 Å². The highest BCUT2D eigenvalue weighted by molar-refractivity contribution is 5.21. The van der Waals surface area contributed by atoms with Gasteiger partial charge in [0.2, 0.25) is 0 Å². The molecule has 2 N–H and O–H groups in total. The normalized spacial score (nSPS) is 48.4. The lowest BCUT2D eigenvalue weighted by Gasteiger charge is -2.41. The Morgan fingerprint density at radius 3 is 3.00 bits per heavy atom. The molecule has 0 radical (unpaired) electrons. The van der Waals surface area contributed by atoms with E-state index in [1.807, 2.05) is 14.0 Å². The van der Waals surface area contributed by atoms with Gasteiger partial charge < -0.3 is 15.2 Å². The molecule has 2 heterocycles. The van der Waals surface area contributed by atoms with Crippen LogP contribution >= 0.6 is 0 Å². The number of hydrogen-bond donors (Lipinski definition) is 2. The lowest BCUT2D eigenvalue weighted by Crippen LogP contribution is -2.50. The van der Waals surface area contributed by atoms with Gasteiger partial charge in [-0.25, -0.2) is 0 Å². The van der Waals surface area contributed by atoms with Crippen LogP contribution in [-0.4, -0.2) is 36.0 Å². The lowest BCUT2D eigenvalue weighted by molar-refractivity contribution is -0.148. The average molecular weight is 183 g/mol. The van der Waals surface area contributed by atoms with Crippen molar-refractivity contribution in [2.75, 3.05) is 13.6 Å². The number of aliphatic hydroxyl groups excluding tert-OH is 1. The number of fused-ring (bicyclic) bond motifs is 2. The number of rotatable bonds is 2. The highest BCUT2D eigenvalue weighted by atomic mass is 16.5. The predicted octanol–water partition coefficient (Wildman–Crippen LogP) is 0.444. The van der Waals surface area contributed by atoms with E-state index in [9.17, 15) is 5.11 Å². The Kier molecular flexibility index (Phi) is 1.98. The molecule has 0 aromatic rings. The summed E-state index contributed by atoms with van der Waals surface area (Å²) in [4.78, 5) is 0. The second-order valence-corrected chi connectivity index (χ2v) is 4.41. The van der Waals surface area contributed by atoms with E-state index in [1.165, 1.54) is 0 Å². The Labute approximate surface area is 78.8 Å². The molecule has 2 rings (SSSR count). The van der Waals surface area contributed by atoms with Crippen LogP contribution in [0.3, 0.4) is 0 Å². The minimum absolute atomic E-state index is 0.234. The third kappa shape index (κ3) is 1.52. The zero-order valence-electron chi connectivity index (χ0n) is 8.21. The SMILES string of the molecule is CNC[C@@]12C=C[C@@](C)(C[C@H](O)C1)O2. The summed E-state index contributed by atoms with van der Waals surface area (Å²) in [5.74, 6) is 0. The van der Waals surface area contributed by atoms with E-state index in [-0.39, 0.29) is 17.3 Å². The third-order valence-corrected chi connectivity index (χ3v) is 2.87. The van der Waals surface area contributed by atoms with Crippen LogP contribution in [0.25, 0.3) is 0 Å². The molecule has 3 heteroatoms. The van der Waals surface area contributed by atoms with E-state index in [1.54, 1.807) is 0 Å². The molecule has 3 nitrogen and oxygen atoms in total. The van der Waals surface area contributed by atoms with Gasteiger partial charge in [-0.1, -0.05) is 12.2 Å². The minimum Gasteiger partial charge on any atom is -0.393 e. The van der Waals surface area contributed by atoms with E-state index < -0.39 is 0 Å². The average Bonchev–Trinajstić information content (AvgIpc) is 2.22. The first-order valence-electron chi connectivity index (χ1n) is 4.81. The van der Waals surface area contributed by atoms with Gasteiger partial charge in [-0.2, -0.15) is 0 Å².